The number of carbonyl (C=O) groups excluding carboxylic acids is 1. The molecule has 0 saturated heterocycles. The molecule has 1 unspecified atom stereocenters. The topological polar surface area (TPSA) is 101 Å². The summed E-state index contributed by atoms with van der Waals surface area (Å²) in [6.45, 7) is 1.55. The van der Waals surface area contributed by atoms with Crippen LogP contribution in [0.2, 0.25) is 5.02 Å². The first-order valence-corrected chi connectivity index (χ1v) is 7.11. The Morgan fingerprint density at radius 2 is 1.92 bits per heavy atom. The average Bonchev–Trinajstić information content (AvgIpc) is 2.57. The molecule has 2 aromatic rings. The number of nitrogens with zero attached hydrogens (tertiary/aromatic N) is 2. The summed E-state index contributed by atoms with van der Waals surface area (Å²) in [6.07, 6.45) is 0.486. The van der Waals surface area contributed by atoms with Gasteiger partial charge in [0, 0.05) is 6.07 Å². The summed E-state index contributed by atoms with van der Waals surface area (Å²) >= 11 is 5.69. The summed E-state index contributed by atoms with van der Waals surface area (Å²) in [5.41, 5.74) is -0.345. The zero-order valence-electron chi connectivity index (χ0n) is 12.8. The third kappa shape index (κ3) is 4.32. The van der Waals surface area contributed by atoms with E-state index in [1.807, 2.05) is 0 Å². The molecule has 1 aromatic heterocycles. The van der Waals surface area contributed by atoms with Crippen LogP contribution >= 0.6 is 11.6 Å². The second-order valence-electron chi connectivity index (χ2n) is 4.59. The van der Waals surface area contributed by atoms with E-state index in [0.717, 1.165) is 6.07 Å². The second kappa shape index (κ2) is 7.60. The summed E-state index contributed by atoms with van der Waals surface area (Å²) in [5.74, 6) is 0.0436. The molecule has 0 aliphatic rings. The highest BCUT2D eigenvalue weighted by Gasteiger charge is 2.19. The molecule has 0 aliphatic carbocycles. The number of rotatable bonds is 6. The monoisotopic (exact) mass is 352 g/mol. The van der Waals surface area contributed by atoms with Gasteiger partial charge in [-0.1, -0.05) is 11.6 Å². The Labute approximate surface area is 142 Å². The van der Waals surface area contributed by atoms with Crippen LogP contribution in [0.3, 0.4) is 0 Å². The second-order valence-corrected chi connectivity index (χ2v) is 5.03. The van der Waals surface area contributed by atoms with Gasteiger partial charge in [0.25, 0.3) is 5.88 Å². The van der Waals surface area contributed by atoms with Crippen LogP contribution in [0, 0.1) is 10.1 Å². The summed E-state index contributed by atoms with van der Waals surface area (Å²) in [5, 5.41) is 11.1. The molecular weight excluding hydrogens is 340 g/mol. The normalized spacial score (nSPS) is 11.5. The minimum absolute atomic E-state index is 0.134. The summed E-state index contributed by atoms with van der Waals surface area (Å²) < 4.78 is 15.3. The quantitative estimate of drug-likeness (QED) is 0.446. The molecular formula is C15H13ClN2O6. The van der Waals surface area contributed by atoms with Gasteiger partial charge >= 0.3 is 11.7 Å². The van der Waals surface area contributed by atoms with Crippen molar-refractivity contribution in [1.29, 1.82) is 0 Å². The van der Waals surface area contributed by atoms with Crippen molar-refractivity contribution in [2.24, 2.45) is 0 Å². The predicted octanol–water partition coefficient (Wildman–Crippen LogP) is 3.38. The Kier molecular flexibility index (Phi) is 5.54. The van der Waals surface area contributed by atoms with Crippen molar-refractivity contribution in [1.82, 2.24) is 4.98 Å². The van der Waals surface area contributed by atoms with Crippen LogP contribution in [0.25, 0.3) is 0 Å². The predicted molar refractivity (Wildman–Crippen MR) is 84.5 cm³/mol. The van der Waals surface area contributed by atoms with E-state index in [1.54, 1.807) is 19.1 Å². The number of halogens is 1. The van der Waals surface area contributed by atoms with Gasteiger partial charge in [-0.25, -0.2) is 9.78 Å². The number of hydrogen-bond acceptors (Lipinski definition) is 7. The molecule has 1 heterocycles. The van der Waals surface area contributed by atoms with Gasteiger partial charge in [0.05, 0.1) is 23.3 Å². The van der Waals surface area contributed by atoms with Crippen molar-refractivity contribution in [3.8, 4) is 17.4 Å². The van der Waals surface area contributed by atoms with E-state index < -0.39 is 17.0 Å². The molecule has 0 radical (unpaired) electrons. The van der Waals surface area contributed by atoms with Crippen molar-refractivity contribution >= 4 is 23.3 Å². The fourth-order valence-electron chi connectivity index (χ4n) is 1.74. The summed E-state index contributed by atoms with van der Waals surface area (Å²) in [7, 11) is 1.27. The van der Waals surface area contributed by atoms with Crippen LogP contribution in [-0.2, 0) is 9.53 Å². The first-order valence-electron chi connectivity index (χ1n) is 6.73. The number of hydrogen-bond donors (Lipinski definition) is 0. The lowest BCUT2D eigenvalue weighted by atomic mass is 10.3. The van der Waals surface area contributed by atoms with Crippen LogP contribution < -0.4 is 9.47 Å². The maximum absolute atomic E-state index is 11.3. The van der Waals surface area contributed by atoms with Gasteiger partial charge < -0.3 is 14.2 Å². The van der Waals surface area contributed by atoms with E-state index in [2.05, 4.69) is 9.72 Å². The van der Waals surface area contributed by atoms with Crippen molar-refractivity contribution < 1.29 is 23.9 Å². The van der Waals surface area contributed by atoms with E-state index in [4.69, 9.17) is 21.1 Å². The zero-order chi connectivity index (χ0) is 17.7. The first kappa shape index (κ1) is 17.5. The van der Waals surface area contributed by atoms with Gasteiger partial charge in [-0.15, -0.1) is 0 Å². The summed E-state index contributed by atoms with van der Waals surface area (Å²) in [4.78, 5) is 25.5. The number of ether oxygens (including phenoxy) is 3. The number of aromatic nitrogens is 1. The molecule has 1 aromatic carbocycles. The maximum atomic E-state index is 11.3. The van der Waals surface area contributed by atoms with E-state index in [-0.39, 0.29) is 16.6 Å². The highest BCUT2D eigenvalue weighted by Crippen LogP contribution is 2.31. The third-order valence-corrected chi connectivity index (χ3v) is 3.09. The Bertz CT molecular complexity index is 750. The lowest BCUT2D eigenvalue weighted by molar-refractivity contribution is -0.386. The standard InChI is InChI=1S/C15H13ClN2O6/c1-9(15(19)22-2)23-11-3-5-12(6-4-11)24-14-13(18(20)21)7-10(16)8-17-14/h3-9H,1-2H3. The lowest BCUT2D eigenvalue weighted by Crippen LogP contribution is -2.24. The Balaban J connectivity index is 2.12. The minimum Gasteiger partial charge on any atom is -0.479 e. The molecule has 0 spiro atoms. The third-order valence-electron chi connectivity index (χ3n) is 2.88. The van der Waals surface area contributed by atoms with Gasteiger partial charge in [0.1, 0.15) is 11.5 Å². The number of pyridine rings is 1. The Morgan fingerprint density at radius 1 is 1.29 bits per heavy atom. The van der Waals surface area contributed by atoms with Gasteiger partial charge in [0.2, 0.25) is 0 Å². The van der Waals surface area contributed by atoms with Gasteiger partial charge in [-0.2, -0.15) is 0 Å². The Hall–Kier alpha value is -2.87. The molecule has 2 rings (SSSR count). The molecule has 0 fully saturated rings. The smallest absolute Gasteiger partial charge is 0.346 e. The van der Waals surface area contributed by atoms with Crippen LogP contribution in [-0.4, -0.2) is 29.1 Å². The number of esters is 1. The van der Waals surface area contributed by atoms with Crippen molar-refractivity contribution in [3.05, 3.63) is 51.7 Å². The van der Waals surface area contributed by atoms with Crippen molar-refractivity contribution in [2.45, 2.75) is 13.0 Å². The minimum atomic E-state index is -0.763. The van der Waals surface area contributed by atoms with Gasteiger partial charge in [-0.05, 0) is 31.2 Å². The maximum Gasteiger partial charge on any atom is 0.346 e. The molecule has 1 atom stereocenters. The average molecular weight is 353 g/mol. The fourth-order valence-corrected chi connectivity index (χ4v) is 1.89. The fraction of sp³-hybridized carbons (Fsp3) is 0.200. The molecule has 0 saturated carbocycles. The number of methoxy groups -OCH3 is 1. The molecule has 9 heteroatoms. The number of benzene rings is 1. The molecule has 0 amide bonds. The van der Waals surface area contributed by atoms with Crippen LogP contribution in [0.15, 0.2) is 36.5 Å². The number of carbonyl (C=O) groups is 1. The lowest BCUT2D eigenvalue weighted by Gasteiger charge is -2.12. The molecule has 126 valence electrons. The molecule has 8 nitrogen and oxygen atoms in total. The Morgan fingerprint density at radius 3 is 2.50 bits per heavy atom. The highest BCUT2D eigenvalue weighted by atomic mass is 35.5. The van der Waals surface area contributed by atoms with E-state index in [9.17, 15) is 14.9 Å². The zero-order valence-corrected chi connectivity index (χ0v) is 13.5. The van der Waals surface area contributed by atoms with Gasteiger partial charge in [-0.3, -0.25) is 10.1 Å². The molecule has 0 aliphatic heterocycles. The van der Waals surface area contributed by atoms with Crippen molar-refractivity contribution in [2.75, 3.05) is 7.11 Å². The number of nitro groups is 1. The van der Waals surface area contributed by atoms with Crippen molar-refractivity contribution in [3.63, 3.8) is 0 Å². The molecule has 0 bridgehead atoms. The highest BCUT2D eigenvalue weighted by molar-refractivity contribution is 6.30. The van der Waals surface area contributed by atoms with Crippen LogP contribution in [0.5, 0.6) is 17.4 Å². The SMILES string of the molecule is COC(=O)C(C)Oc1ccc(Oc2ncc(Cl)cc2[N+](=O)[O-])cc1. The largest absolute Gasteiger partial charge is 0.479 e. The van der Waals surface area contributed by atoms with E-state index in [0.29, 0.717) is 11.5 Å². The van der Waals surface area contributed by atoms with E-state index in [1.165, 1.54) is 25.4 Å². The van der Waals surface area contributed by atoms with Crippen LogP contribution in [0.4, 0.5) is 5.69 Å². The van der Waals surface area contributed by atoms with Crippen LogP contribution in [0.1, 0.15) is 6.92 Å². The van der Waals surface area contributed by atoms with Gasteiger partial charge in [0.15, 0.2) is 6.10 Å². The first-order chi connectivity index (χ1) is 11.4. The summed E-state index contributed by atoms with van der Waals surface area (Å²) in [6, 6.07) is 7.31. The molecule has 24 heavy (non-hydrogen) atoms. The van der Waals surface area contributed by atoms with E-state index >= 15 is 0 Å². The molecule has 0 N–H and O–H groups in total.